The van der Waals surface area contributed by atoms with Crippen molar-refractivity contribution in [3.63, 3.8) is 0 Å². The Kier molecular flexibility index (Phi) is 7.04. The number of rotatable bonds is 9. The summed E-state index contributed by atoms with van der Waals surface area (Å²) in [5, 5.41) is 3.42. The monoisotopic (exact) mass is 291 g/mol. The lowest BCUT2D eigenvalue weighted by Gasteiger charge is -2.19. The van der Waals surface area contributed by atoms with E-state index in [4.69, 9.17) is 9.47 Å². The van der Waals surface area contributed by atoms with Crippen LogP contribution in [0.1, 0.15) is 44.2 Å². The zero-order valence-corrected chi connectivity index (χ0v) is 13.5. The maximum absolute atomic E-state index is 6.01. The molecule has 0 fully saturated rings. The molecule has 0 radical (unpaired) electrons. The lowest BCUT2D eigenvalue weighted by Crippen LogP contribution is -2.30. The van der Waals surface area contributed by atoms with Crippen LogP contribution in [0, 0.1) is 0 Å². The Labute approximate surface area is 129 Å². The Balaban J connectivity index is 1.69. The van der Waals surface area contributed by atoms with Crippen molar-refractivity contribution in [3.05, 3.63) is 29.3 Å². The summed E-state index contributed by atoms with van der Waals surface area (Å²) < 4.78 is 11.3. The van der Waals surface area contributed by atoms with Crippen LogP contribution in [0.5, 0.6) is 5.75 Å². The molecule has 118 valence electrons. The summed E-state index contributed by atoms with van der Waals surface area (Å²) in [6, 6.07) is 6.60. The molecule has 0 bridgehead atoms. The van der Waals surface area contributed by atoms with Crippen LogP contribution in [0.3, 0.4) is 0 Å². The number of hydrogen-bond donors (Lipinski definition) is 1. The van der Waals surface area contributed by atoms with E-state index in [9.17, 15) is 0 Å². The van der Waals surface area contributed by atoms with Gasteiger partial charge in [0.15, 0.2) is 0 Å². The van der Waals surface area contributed by atoms with Crippen LogP contribution in [0.2, 0.25) is 0 Å². The van der Waals surface area contributed by atoms with E-state index < -0.39 is 0 Å². The summed E-state index contributed by atoms with van der Waals surface area (Å²) in [7, 11) is 0. The van der Waals surface area contributed by atoms with E-state index in [-0.39, 0.29) is 6.10 Å². The first-order valence-corrected chi connectivity index (χ1v) is 8.36. The molecule has 0 heterocycles. The smallest absolute Gasteiger partial charge is 0.120 e. The number of hydrogen-bond acceptors (Lipinski definition) is 3. The summed E-state index contributed by atoms with van der Waals surface area (Å²) >= 11 is 0. The minimum atomic E-state index is 0.193. The van der Waals surface area contributed by atoms with Crippen LogP contribution in [0.4, 0.5) is 0 Å². The molecule has 1 aliphatic rings. The molecule has 1 atom stereocenters. The zero-order chi connectivity index (χ0) is 14.9. The Morgan fingerprint density at radius 3 is 2.81 bits per heavy atom. The molecule has 21 heavy (non-hydrogen) atoms. The predicted molar refractivity (Wildman–Crippen MR) is 87.2 cm³/mol. The molecule has 1 N–H and O–H groups in total. The number of benzene rings is 1. The Morgan fingerprint density at radius 2 is 2.00 bits per heavy atom. The van der Waals surface area contributed by atoms with E-state index in [1.54, 1.807) is 0 Å². The van der Waals surface area contributed by atoms with Crippen molar-refractivity contribution < 1.29 is 9.47 Å². The minimum absolute atomic E-state index is 0.193. The van der Waals surface area contributed by atoms with Gasteiger partial charge < -0.3 is 14.8 Å². The largest absolute Gasteiger partial charge is 0.489 e. The molecule has 0 saturated carbocycles. The number of fused-ring (bicyclic) bond motifs is 1. The van der Waals surface area contributed by atoms with Gasteiger partial charge in [-0.15, -0.1) is 0 Å². The van der Waals surface area contributed by atoms with Crippen LogP contribution in [-0.2, 0) is 17.6 Å². The molecule has 0 saturated heterocycles. The van der Waals surface area contributed by atoms with Crippen LogP contribution in [0.25, 0.3) is 0 Å². The molecular weight excluding hydrogens is 262 g/mol. The molecular formula is C18H29NO2. The Morgan fingerprint density at radius 1 is 1.19 bits per heavy atom. The maximum atomic E-state index is 6.01. The molecule has 1 aliphatic carbocycles. The van der Waals surface area contributed by atoms with Crippen molar-refractivity contribution in [2.75, 3.05) is 26.3 Å². The van der Waals surface area contributed by atoms with Gasteiger partial charge in [-0.25, -0.2) is 0 Å². The second-order valence-electron chi connectivity index (χ2n) is 5.82. The van der Waals surface area contributed by atoms with Crippen molar-refractivity contribution in [2.24, 2.45) is 0 Å². The highest BCUT2D eigenvalue weighted by atomic mass is 16.5. The summed E-state index contributed by atoms with van der Waals surface area (Å²) in [5.74, 6) is 1.01. The predicted octanol–water partition coefficient (Wildman–Crippen LogP) is 3.35. The molecule has 0 spiro atoms. The van der Waals surface area contributed by atoms with Gasteiger partial charge in [-0.05, 0) is 75.8 Å². The van der Waals surface area contributed by atoms with Crippen molar-refractivity contribution in [1.29, 1.82) is 0 Å². The fourth-order valence-corrected chi connectivity index (χ4v) is 2.81. The molecule has 0 aromatic heterocycles. The topological polar surface area (TPSA) is 30.5 Å². The van der Waals surface area contributed by atoms with Gasteiger partial charge in [0, 0.05) is 19.8 Å². The third-order valence-electron chi connectivity index (χ3n) is 3.94. The average molecular weight is 291 g/mol. The summed E-state index contributed by atoms with van der Waals surface area (Å²) in [5.41, 5.74) is 2.99. The van der Waals surface area contributed by atoms with Crippen molar-refractivity contribution in [2.45, 2.75) is 52.1 Å². The first-order chi connectivity index (χ1) is 10.3. The third kappa shape index (κ3) is 5.68. The van der Waals surface area contributed by atoms with Crippen molar-refractivity contribution >= 4 is 0 Å². The fraction of sp³-hybridized carbons (Fsp3) is 0.667. The lowest BCUT2D eigenvalue weighted by atomic mass is 9.92. The summed E-state index contributed by atoms with van der Waals surface area (Å²) in [6.07, 6.45) is 6.32. The Hall–Kier alpha value is -1.06. The highest BCUT2D eigenvalue weighted by Gasteiger charge is 2.11. The molecule has 2 rings (SSSR count). The van der Waals surface area contributed by atoms with Gasteiger partial charge in [-0.2, -0.15) is 0 Å². The second-order valence-corrected chi connectivity index (χ2v) is 5.82. The molecule has 3 nitrogen and oxygen atoms in total. The van der Waals surface area contributed by atoms with Gasteiger partial charge in [0.05, 0.1) is 0 Å². The van der Waals surface area contributed by atoms with Crippen molar-refractivity contribution in [3.8, 4) is 5.75 Å². The third-order valence-corrected chi connectivity index (χ3v) is 3.94. The average Bonchev–Trinajstić information content (AvgIpc) is 2.50. The van der Waals surface area contributed by atoms with Gasteiger partial charge >= 0.3 is 0 Å². The SMILES string of the molecule is CCOCCCNCC(C)Oc1ccc2c(c1)CCCC2. The van der Waals surface area contributed by atoms with Crippen LogP contribution < -0.4 is 10.1 Å². The van der Waals surface area contributed by atoms with Crippen LogP contribution in [0.15, 0.2) is 18.2 Å². The van der Waals surface area contributed by atoms with Gasteiger partial charge in [0.1, 0.15) is 11.9 Å². The van der Waals surface area contributed by atoms with Gasteiger partial charge in [0.2, 0.25) is 0 Å². The normalized spacial score (nSPS) is 15.5. The van der Waals surface area contributed by atoms with Crippen LogP contribution >= 0.6 is 0 Å². The highest BCUT2D eigenvalue weighted by Crippen LogP contribution is 2.25. The molecule has 1 aromatic carbocycles. The highest BCUT2D eigenvalue weighted by molar-refractivity contribution is 5.37. The standard InChI is InChI=1S/C18H29NO2/c1-3-20-12-6-11-19-14-15(2)21-18-10-9-16-7-4-5-8-17(16)13-18/h9-10,13,15,19H,3-8,11-12,14H2,1-2H3. The molecule has 1 unspecified atom stereocenters. The first-order valence-electron chi connectivity index (χ1n) is 8.36. The van der Waals surface area contributed by atoms with E-state index in [2.05, 4.69) is 30.4 Å². The summed E-state index contributed by atoms with van der Waals surface area (Å²) in [6.45, 7) is 7.65. The van der Waals surface area contributed by atoms with E-state index in [1.807, 2.05) is 6.92 Å². The molecule has 1 aromatic rings. The first kappa shape index (κ1) is 16.3. The fourth-order valence-electron chi connectivity index (χ4n) is 2.81. The van der Waals surface area contributed by atoms with Crippen LogP contribution in [-0.4, -0.2) is 32.4 Å². The van der Waals surface area contributed by atoms with E-state index in [0.717, 1.165) is 38.5 Å². The van der Waals surface area contributed by atoms with E-state index in [0.29, 0.717) is 0 Å². The van der Waals surface area contributed by atoms with Gasteiger partial charge in [-0.3, -0.25) is 0 Å². The van der Waals surface area contributed by atoms with E-state index in [1.165, 1.54) is 36.8 Å². The number of ether oxygens (including phenoxy) is 2. The zero-order valence-electron chi connectivity index (χ0n) is 13.5. The van der Waals surface area contributed by atoms with Crippen molar-refractivity contribution in [1.82, 2.24) is 5.32 Å². The van der Waals surface area contributed by atoms with Gasteiger partial charge in [0.25, 0.3) is 0 Å². The molecule has 3 heteroatoms. The van der Waals surface area contributed by atoms with Gasteiger partial charge in [-0.1, -0.05) is 6.07 Å². The maximum Gasteiger partial charge on any atom is 0.120 e. The quantitative estimate of drug-likeness (QED) is 0.708. The lowest BCUT2D eigenvalue weighted by molar-refractivity contribution is 0.143. The van der Waals surface area contributed by atoms with E-state index >= 15 is 0 Å². The molecule has 0 aliphatic heterocycles. The summed E-state index contributed by atoms with van der Waals surface area (Å²) in [4.78, 5) is 0. The minimum Gasteiger partial charge on any atom is -0.489 e. The second kappa shape index (κ2) is 9.06. The Bertz CT molecular complexity index is 420. The molecule has 0 amide bonds. The number of aryl methyl sites for hydroxylation is 2. The number of nitrogens with one attached hydrogen (secondary N) is 1.